The van der Waals surface area contributed by atoms with E-state index >= 15 is 0 Å². The Hall–Kier alpha value is -2.62. The van der Waals surface area contributed by atoms with Gasteiger partial charge in [-0.1, -0.05) is 18.2 Å². The van der Waals surface area contributed by atoms with Crippen molar-refractivity contribution in [3.63, 3.8) is 0 Å². The first-order chi connectivity index (χ1) is 11.6. The lowest BCUT2D eigenvalue weighted by Gasteiger charge is -2.31. The number of nitrogens with one attached hydrogen (secondary N) is 1. The number of amides is 1. The molecule has 1 aliphatic heterocycles. The van der Waals surface area contributed by atoms with Crippen molar-refractivity contribution < 1.29 is 9.59 Å². The number of carbonyl (C=O) groups excluding carboxylic acids is 2. The van der Waals surface area contributed by atoms with E-state index in [4.69, 9.17) is 0 Å². The standard InChI is InChI=1S/C20H22N2O2/c1-15(23)16-8-10-18(11-9-16)21-20(24)12-14-22-13-4-6-17-5-2-3-7-19(17)22/h2-3,5,7-11H,4,6,12-14H2,1H3,(H,21,24). The third-order valence-corrected chi connectivity index (χ3v) is 4.39. The van der Waals surface area contributed by atoms with Crippen LogP contribution in [-0.4, -0.2) is 24.8 Å². The van der Waals surface area contributed by atoms with E-state index < -0.39 is 0 Å². The summed E-state index contributed by atoms with van der Waals surface area (Å²) in [5.41, 5.74) is 3.99. The van der Waals surface area contributed by atoms with Crippen LogP contribution in [0.15, 0.2) is 48.5 Å². The highest BCUT2D eigenvalue weighted by atomic mass is 16.1. The molecule has 0 saturated heterocycles. The van der Waals surface area contributed by atoms with Crippen LogP contribution in [0.5, 0.6) is 0 Å². The molecule has 1 heterocycles. The molecular weight excluding hydrogens is 300 g/mol. The molecule has 1 N–H and O–H groups in total. The summed E-state index contributed by atoms with van der Waals surface area (Å²) in [4.78, 5) is 25.7. The van der Waals surface area contributed by atoms with Crippen molar-refractivity contribution >= 4 is 23.1 Å². The number of benzene rings is 2. The summed E-state index contributed by atoms with van der Waals surface area (Å²) in [7, 11) is 0. The van der Waals surface area contributed by atoms with Gasteiger partial charge in [-0.15, -0.1) is 0 Å². The second-order valence-corrected chi connectivity index (χ2v) is 6.15. The average molecular weight is 322 g/mol. The minimum absolute atomic E-state index is 0.00590. The molecule has 3 rings (SSSR count). The average Bonchev–Trinajstić information content (AvgIpc) is 2.60. The number of hydrogen-bond donors (Lipinski definition) is 1. The number of fused-ring (bicyclic) bond motifs is 1. The van der Waals surface area contributed by atoms with Crippen molar-refractivity contribution in [2.75, 3.05) is 23.3 Å². The lowest BCUT2D eigenvalue weighted by molar-refractivity contribution is -0.116. The van der Waals surface area contributed by atoms with E-state index in [0.717, 1.165) is 25.1 Å². The van der Waals surface area contributed by atoms with Gasteiger partial charge in [0.25, 0.3) is 0 Å². The molecule has 0 atom stereocenters. The highest BCUT2D eigenvalue weighted by Crippen LogP contribution is 2.26. The van der Waals surface area contributed by atoms with Gasteiger partial charge in [0.15, 0.2) is 5.78 Å². The van der Waals surface area contributed by atoms with Crippen LogP contribution in [0, 0.1) is 0 Å². The largest absolute Gasteiger partial charge is 0.371 e. The summed E-state index contributed by atoms with van der Waals surface area (Å²) in [5, 5.41) is 2.89. The van der Waals surface area contributed by atoms with E-state index in [1.807, 2.05) is 6.07 Å². The molecule has 0 saturated carbocycles. The third-order valence-electron chi connectivity index (χ3n) is 4.39. The Morgan fingerprint density at radius 2 is 1.83 bits per heavy atom. The van der Waals surface area contributed by atoms with Crippen molar-refractivity contribution in [1.29, 1.82) is 0 Å². The zero-order chi connectivity index (χ0) is 16.9. The van der Waals surface area contributed by atoms with Crippen molar-refractivity contribution in [3.05, 3.63) is 59.7 Å². The summed E-state index contributed by atoms with van der Waals surface area (Å²) < 4.78 is 0. The van der Waals surface area contributed by atoms with Crippen molar-refractivity contribution in [2.24, 2.45) is 0 Å². The van der Waals surface area contributed by atoms with E-state index in [0.29, 0.717) is 18.5 Å². The second kappa shape index (κ2) is 7.30. The Morgan fingerprint density at radius 3 is 2.58 bits per heavy atom. The Kier molecular flexibility index (Phi) is 4.94. The Labute approximate surface area is 142 Å². The fourth-order valence-corrected chi connectivity index (χ4v) is 3.09. The van der Waals surface area contributed by atoms with Crippen LogP contribution in [0.2, 0.25) is 0 Å². The summed E-state index contributed by atoms with van der Waals surface area (Å²) >= 11 is 0. The highest BCUT2D eigenvalue weighted by Gasteiger charge is 2.16. The minimum atomic E-state index is -0.00590. The van der Waals surface area contributed by atoms with Crippen LogP contribution in [0.1, 0.15) is 35.7 Å². The lowest BCUT2D eigenvalue weighted by Crippen LogP contribution is -2.32. The summed E-state index contributed by atoms with van der Waals surface area (Å²) in [6, 6.07) is 15.4. The van der Waals surface area contributed by atoms with Gasteiger partial charge >= 0.3 is 0 Å². The molecule has 0 spiro atoms. The van der Waals surface area contributed by atoms with Gasteiger partial charge in [0.1, 0.15) is 0 Å². The van der Waals surface area contributed by atoms with E-state index in [1.54, 1.807) is 24.3 Å². The van der Waals surface area contributed by atoms with Gasteiger partial charge < -0.3 is 10.2 Å². The third kappa shape index (κ3) is 3.82. The smallest absolute Gasteiger partial charge is 0.226 e. The number of para-hydroxylation sites is 1. The van der Waals surface area contributed by atoms with Gasteiger partial charge in [0.05, 0.1) is 0 Å². The van der Waals surface area contributed by atoms with Crippen molar-refractivity contribution in [1.82, 2.24) is 0 Å². The van der Waals surface area contributed by atoms with Crippen LogP contribution in [0.4, 0.5) is 11.4 Å². The predicted octanol–water partition coefficient (Wildman–Crippen LogP) is 3.67. The Balaban J connectivity index is 1.55. The lowest BCUT2D eigenvalue weighted by atomic mass is 10.0. The molecule has 0 radical (unpaired) electrons. The number of aryl methyl sites for hydroxylation is 1. The van der Waals surface area contributed by atoms with Gasteiger partial charge in [-0.05, 0) is 55.7 Å². The number of ketones is 1. The van der Waals surface area contributed by atoms with Crippen LogP contribution in [-0.2, 0) is 11.2 Å². The van der Waals surface area contributed by atoms with Gasteiger partial charge in [-0.25, -0.2) is 0 Å². The number of hydrogen-bond acceptors (Lipinski definition) is 3. The zero-order valence-corrected chi connectivity index (χ0v) is 13.9. The second-order valence-electron chi connectivity index (χ2n) is 6.15. The first-order valence-corrected chi connectivity index (χ1v) is 8.37. The molecule has 24 heavy (non-hydrogen) atoms. The normalized spacial score (nSPS) is 13.3. The fourth-order valence-electron chi connectivity index (χ4n) is 3.09. The first kappa shape index (κ1) is 16.2. The van der Waals surface area contributed by atoms with Crippen LogP contribution >= 0.6 is 0 Å². The molecule has 0 aliphatic carbocycles. The Bertz CT molecular complexity index is 738. The summed E-state index contributed by atoms with van der Waals surface area (Å²) in [5.74, 6) is 0.0188. The predicted molar refractivity (Wildman–Crippen MR) is 96.7 cm³/mol. The van der Waals surface area contributed by atoms with Gasteiger partial charge in [0, 0.05) is 36.4 Å². The summed E-state index contributed by atoms with van der Waals surface area (Å²) in [6.45, 7) is 3.25. The maximum Gasteiger partial charge on any atom is 0.226 e. The van der Waals surface area contributed by atoms with Gasteiger partial charge in [-0.3, -0.25) is 9.59 Å². The zero-order valence-electron chi connectivity index (χ0n) is 13.9. The molecule has 1 amide bonds. The van der Waals surface area contributed by atoms with E-state index in [2.05, 4.69) is 28.4 Å². The molecule has 2 aromatic carbocycles. The summed E-state index contributed by atoms with van der Waals surface area (Å²) in [6.07, 6.45) is 2.69. The molecule has 0 fully saturated rings. The molecule has 1 aliphatic rings. The number of Topliss-reactive ketones (excluding diaryl/α,β-unsaturated/α-hetero) is 1. The minimum Gasteiger partial charge on any atom is -0.371 e. The molecule has 124 valence electrons. The molecule has 0 bridgehead atoms. The first-order valence-electron chi connectivity index (χ1n) is 8.37. The van der Waals surface area contributed by atoms with Crippen LogP contribution in [0.3, 0.4) is 0 Å². The Morgan fingerprint density at radius 1 is 1.08 bits per heavy atom. The highest BCUT2D eigenvalue weighted by molar-refractivity contribution is 5.95. The SMILES string of the molecule is CC(=O)c1ccc(NC(=O)CCN2CCCc3ccccc32)cc1. The van der Waals surface area contributed by atoms with Crippen LogP contribution in [0.25, 0.3) is 0 Å². The van der Waals surface area contributed by atoms with Crippen LogP contribution < -0.4 is 10.2 Å². The van der Waals surface area contributed by atoms with Gasteiger partial charge in [-0.2, -0.15) is 0 Å². The quantitative estimate of drug-likeness (QED) is 0.855. The van der Waals surface area contributed by atoms with Crippen molar-refractivity contribution in [3.8, 4) is 0 Å². The number of carbonyl (C=O) groups is 2. The maximum atomic E-state index is 12.2. The monoisotopic (exact) mass is 322 g/mol. The van der Waals surface area contributed by atoms with Crippen molar-refractivity contribution in [2.45, 2.75) is 26.2 Å². The van der Waals surface area contributed by atoms with E-state index in [-0.39, 0.29) is 11.7 Å². The topological polar surface area (TPSA) is 49.4 Å². The molecule has 4 nitrogen and oxygen atoms in total. The molecular formula is C20H22N2O2. The fraction of sp³-hybridized carbons (Fsp3) is 0.300. The molecule has 0 unspecified atom stereocenters. The number of rotatable bonds is 5. The van der Waals surface area contributed by atoms with Gasteiger partial charge in [0.2, 0.25) is 5.91 Å². The maximum absolute atomic E-state index is 12.2. The number of anilines is 2. The number of nitrogens with zero attached hydrogens (tertiary/aromatic N) is 1. The van der Waals surface area contributed by atoms with E-state index in [1.165, 1.54) is 18.2 Å². The molecule has 0 aromatic heterocycles. The molecule has 4 heteroatoms. The molecule has 2 aromatic rings. The van der Waals surface area contributed by atoms with E-state index in [9.17, 15) is 9.59 Å².